The number of fused-ring (bicyclic) bond motifs is 3. The number of ether oxygens (including phenoxy) is 1. The molecule has 154 valence electrons. The lowest BCUT2D eigenvalue weighted by Crippen LogP contribution is -2.67. The number of hydrogen-bond donors (Lipinski definition) is 0. The highest BCUT2D eigenvalue weighted by molar-refractivity contribution is 6.15. The second-order valence-electron chi connectivity index (χ2n) is 7.06. The van der Waals surface area contributed by atoms with E-state index in [9.17, 15) is 28.0 Å². The average Bonchev–Trinajstić information content (AvgIpc) is 3.10. The van der Waals surface area contributed by atoms with Crippen LogP contribution in [0.1, 0.15) is 33.6 Å². The van der Waals surface area contributed by atoms with Gasteiger partial charge in [0.25, 0.3) is 5.91 Å². The summed E-state index contributed by atoms with van der Waals surface area (Å²) >= 11 is 0. The number of carbonyl (C=O) groups is 4. The first-order valence-electron chi connectivity index (χ1n) is 9.13. The Labute approximate surface area is 169 Å². The number of rotatable bonds is 4. The lowest BCUT2D eigenvalue weighted by Gasteiger charge is -2.46. The van der Waals surface area contributed by atoms with Gasteiger partial charge in [0.1, 0.15) is 0 Å². The van der Waals surface area contributed by atoms with E-state index in [0.29, 0.717) is 11.8 Å². The van der Waals surface area contributed by atoms with E-state index >= 15 is 0 Å². The van der Waals surface area contributed by atoms with Crippen LogP contribution >= 0.6 is 0 Å². The van der Waals surface area contributed by atoms with Gasteiger partial charge in [-0.1, -0.05) is 12.1 Å². The van der Waals surface area contributed by atoms with Gasteiger partial charge < -0.3 is 9.64 Å². The lowest BCUT2D eigenvalue weighted by molar-refractivity contribution is -0.155. The highest BCUT2D eigenvalue weighted by Gasteiger charge is 2.60. The molecular formula is C21H16F2N2O5. The molecule has 9 heteroatoms. The highest BCUT2D eigenvalue weighted by atomic mass is 19.2. The number of anilines is 1. The number of amides is 2. The average molecular weight is 414 g/mol. The van der Waals surface area contributed by atoms with E-state index in [1.165, 1.54) is 11.9 Å². The van der Waals surface area contributed by atoms with Crippen molar-refractivity contribution < 1.29 is 32.7 Å². The minimum atomic E-state index is -1.71. The predicted octanol–water partition coefficient (Wildman–Crippen LogP) is 2.30. The number of halogens is 2. The molecule has 2 amide bonds. The summed E-state index contributed by atoms with van der Waals surface area (Å²) in [7, 11) is 1.39. The molecule has 2 aliphatic rings. The molecule has 0 aromatic heterocycles. The Bertz CT molecular complexity index is 1100. The fourth-order valence-corrected chi connectivity index (χ4v) is 3.89. The SMILES string of the molecule is CN1C(=O)c2ccccc2N2C(=O)CC[C@@]12C(=O)OCC(=O)c1ccc(F)c(F)c1. The Morgan fingerprint density at radius 2 is 1.83 bits per heavy atom. The Morgan fingerprint density at radius 3 is 2.57 bits per heavy atom. The third kappa shape index (κ3) is 2.77. The van der Waals surface area contributed by atoms with Crippen molar-refractivity contribution in [1.29, 1.82) is 0 Å². The fourth-order valence-electron chi connectivity index (χ4n) is 3.89. The Balaban J connectivity index is 1.62. The van der Waals surface area contributed by atoms with Gasteiger partial charge in [-0.05, 0) is 30.3 Å². The van der Waals surface area contributed by atoms with Gasteiger partial charge in [0.2, 0.25) is 11.6 Å². The predicted molar refractivity (Wildman–Crippen MR) is 99.6 cm³/mol. The first-order valence-corrected chi connectivity index (χ1v) is 9.13. The van der Waals surface area contributed by atoms with Gasteiger partial charge in [0.05, 0.1) is 11.3 Å². The number of hydrogen-bond acceptors (Lipinski definition) is 5. The van der Waals surface area contributed by atoms with Crippen LogP contribution in [0.25, 0.3) is 0 Å². The summed E-state index contributed by atoms with van der Waals surface area (Å²) in [5.74, 6) is -4.82. The van der Waals surface area contributed by atoms with E-state index in [1.54, 1.807) is 24.3 Å². The molecule has 1 atom stereocenters. The van der Waals surface area contributed by atoms with Crippen LogP contribution < -0.4 is 4.90 Å². The molecule has 0 bridgehead atoms. The van der Waals surface area contributed by atoms with Gasteiger partial charge in [0.15, 0.2) is 24.0 Å². The van der Waals surface area contributed by atoms with Crippen LogP contribution in [0.3, 0.4) is 0 Å². The molecule has 0 spiro atoms. The summed E-state index contributed by atoms with van der Waals surface area (Å²) in [6.07, 6.45) is 0.0127. The molecule has 0 aliphatic carbocycles. The van der Waals surface area contributed by atoms with Crippen molar-refractivity contribution in [2.24, 2.45) is 0 Å². The topological polar surface area (TPSA) is 84.0 Å². The Kier molecular flexibility index (Phi) is 4.60. The molecule has 1 fully saturated rings. The summed E-state index contributed by atoms with van der Waals surface area (Å²) in [6, 6.07) is 9.00. The third-order valence-electron chi connectivity index (χ3n) is 5.44. The van der Waals surface area contributed by atoms with E-state index in [0.717, 1.165) is 17.0 Å². The Morgan fingerprint density at radius 1 is 1.10 bits per heavy atom. The molecule has 30 heavy (non-hydrogen) atoms. The van der Waals surface area contributed by atoms with Crippen molar-refractivity contribution in [1.82, 2.24) is 4.90 Å². The van der Waals surface area contributed by atoms with E-state index < -0.39 is 41.6 Å². The summed E-state index contributed by atoms with van der Waals surface area (Å²) in [5.41, 5.74) is -1.31. The van der Waals surface area contributed by atoms with Crippen molar-refractivity contribution in [2.75, 3.05) is 18.6 Å². The highest BCUT2D eigenvalue weighted by Crippen LogP contribution is 2.44. The van der Waals surface area contributed by atoms with Crippen molar-refractivity contribution >= 4 is 29.3 Å². The molecule has 2 aromatic carbocycles. The van der Waals surface area contributed by atoms with E-state index in [4.69, 9.17) is 4.74 Å². The number of para-hydroxylation sites is 1. The maximum absolute atomic E-state index is 13.4. The van der Waals surface area contributed by atoms with Gasteiger partial charge in [-0.2, -0.15) is 0 Å². The van der Waals surface area contributed by atoms with Gasteiger partial charge in [-0.25, -0.2) is 13.6 Å². The number of Topliss-reactive ketones (excluding diaryl/α,β-unsaturated/α-hetero) is 1. The maximum atomic E-state index is 13.4. The zero-order valence-corrected chi connectivity index (χ0v) is 15.9. The monoisotopic (exact) mass is 414 g/mol. The maximum Gasteiger partial charge on any atom is 0.354 e. The molecule has 0 radical (unpaired) electrons. The summed E-state index contributed by atoms with van der Waals surface area (Å²) in [4.78, 5) is 53.2. The van der Waals surface area contributed by atoms with Gasteiger partial charge in [0, 0.05) is 25.5 Å². The van der Waals surface area contributed by atoms with Crippen LogP contribution in [0.5, 0.6) is 0 Å². The molecule has 2 aliphatic heterocycles. The van der Waals surface area contributed by atoms with Crippen molar-refractivity contribution in [3.05, 3.63) is 65.2 Å². The number of likely N-dealkylation sites (N-methyl/N-ethyl adjacent to an activating group) is 1. The summed E-state index contributed by atoms with van der Waals surface area (Å²) < 4.78 is 31.6. The minimum absolute atomic E-state index is 0.000603. The van der Waals surface area contributed by atoms with Crippen molar-refractivity contribution in [2.45, 2.75) is 18.5 Å². The van der Waals surface area contributed by atoms with Crippen LogP contribution in [0.2, 0.25) is 0 Å². The Hall–Kier alpha value is -3.62. The zero-order valence-electron chi connectivity index (χ0n) is 15.9. The van der Waals surface area contributed by atoms with Crippen LogP contribution in [-0.2, 0) is 14.3 Å². The number of nitrogens with zero attached hydrogens (tertiary/aromatic N) is 2. The van der Waals surface area contributed by atoms with E-state index in [1.807, 2.05) is 0 Å². The number of benzene rings is 2. The van der Waals surface area contributed by atoms with Gasteiger partial charge >= 0.3 is 5.97 Å². The van der Waals surface area contributed by atoms with Crippen LogP contribution in [0.15, 0.2) is 42.5 Å². The lowest BCUT2D eigenvalue weighted by atomic mass is 9.97. The van der Waals surface area contributed by atoms with Crippen LogP contribution in [0.4, 0.5) is 14.5 Å². The number of ketones is 1. The molecule has 7 nitrogen and oxygen atoms in total. The number of esters is 1. The van der Waals surface area contributed by atoms with Gasteiger partial charge in [-0.3, -0.25) is 19.3 Å². The van der Waals surface area contributed by atoms with Crippen LogP contribution in [0, 0.1) is 11.6 Å². The molecule has 0 unspecified atom stereocenters. The minimum Gasteiger partial charge on any atom is -0.454 e. The summed E-state index contributed by atoms with van der Waals surface area (Å²) in [6.45, 7) is -0.753. The normalized spacial score (nSPS) is 20.1. The standard InChI is InChI=1S/C21H16F2N2O5/c1-24-19(28)13-4-2-3-5-16(13)25-18(27)8-9-21(24,25)20(29)30-11-17(26)12-6-7-14(22)15(23)10-12/h2-7,10H,8-9,11H2,1H3/t21-/m1/s1. The summed E-state index contributed by atoms with van der Waals surface area (Å²) in [5, 5.41) is 0. The smallest absolute Gasteiger partial charge is 0.354 e. The van der Waals surface area contributed by atoms with Crippen LogP contribution in [-0.4, -0.2) is 47.8 Å². The van der Waals surface area contributed by atoms with E-state index in [-0.39, 0.29) is 29.9 Å². The van der Waals surface area contributed by atoms with Crippen molar-refractivity contribution in [3.8, 4) is 0 Å². The quantitative estimate of drug-likeness (QED) is 0.566. The second kappa shape index (κ2) is 7.01. The van der Waals surface area contributed by atoms with E-state index in [2.05, 4.69) is 0 Å². The largest absolute Gasteiger partial charge is 0.454 e. The van der Waals surface area contributed by atoms with Crippen molar-refractivity contribution in [3.63, 3.8) is 0 Å². The molecule has 0 saturated carbocycles. The first kappa shape index (κ1) is 19.7. The molecule has 4 rings (SSSR count). The van der Waals surface area contributed by atoms with Gasteiger partial charge in [-0.15, -0.1) is 0 Å². The molecule has 2 heterocycles. The molecule has 0 N–H and O–H groups in total. The second-order valence-corrected chi connectivity index (χ2v) is 7.06. The number of carbonyl (C=O) groups excluding carboxylic acids is 4. The zero-order chi connectivity index (χ0) is 21.6. The molecular weight excluding hydrogens is 398 g/mol. The molecule has 2 aromatic rings. The fraction of sp³-hybridized carbons (Fsp3) is 0.238. The molecule has 1 saturated heterocycles. The third-order valence-corrected chi connectivity index (χ3v) is 5.44. The first-order chi connectivity index (χ1) is 14.3.